The van der Waals surface area contributed by atoms with Crippen molar-refractivity contribution in [1.29, 1.82) is 0 Å². The third-order valence-corrected chi connectivity index (χ3v) is 3.02. The number of hydrogen-bond acceptors (Lipinski definition) is 1. The van der Waals surface area contributed by atoms with Crippen LogP contribution < -0.4 is 0 Å². The van der Waals surface area contributed by atoms with E-state index >= 15 is 0 Å². The van der Waals surface area contributed by atoms with Crippen molar-refractivity contribution in [3.05, 3.63) is 12.2 Å². The molecular weight excluding hydrogens is 136 g/mol. The minimum absolute atomic E-state index is 0.0399. The zero-order valence-electron chi connectivity index (χ0n) is 7.55. The molecule has 0 saturated carbocycles. The number of hydrogen-bond donors (Lipinski definition) is 0. The van der Waals surface area contributed by atoms with E-state index in [0.29, 0.717) is 5.92 Å². The Morgan fingerprint density at radius 3 is 2.36 bits per heavy atom. The molecule has 0 aromatic rings. The molecule has 11 heavy (non-hydrogen) atoms. The Labute approximate surface area is 68.4 Å². The third kappa shape index (κ3) is 1.02. The van der Waals surface area contributed by atoms with Gasteiger partial charge in [0.25, 0.3) is 0 Å². The lowest BCUT2D eigenvalue weighted by atomic mass is 9.74. The first-order valence-corrected chi connectivity index (χ1v) is 4.41. The summed E-state index contributed by atoms with van der Waals surface area (Å²) in [6.07, 6.45) is 7.04. The molecule has 0 unspecified atom stereocenters. The van der Waals surface area contributed by atoms with Crippen LogP contribution in [0.1, 0.15) is 33.6 Å². The Kier molecular flexibility index (Phi) is 1.26. The highest BCUT2D eigenvalue weighted by Crippen LogP contribution is 2.44. The first-order chi connectivity index (χ1) is 5.02. The Balaban J connectivity index is 2.34. The maximum Gasteiger partial charge on any atom is 0.0842 e. The van der Waals surface area contributed by atoms with E-state index in [9.17, 15) is 0 Å². The van der Waals surface area contributed by atoms with Crippen LogP contribution in [-0.4, -0.2) is 11.2 Å². The molecule has 0 aromatic carbocycles. The van der Waals surface area contributed by atoms with Crippen LogP contribution in [0.4, 0.5) is 0 Å². The first kappa shape index (κ1) is 7.35. The smallest absolute Gasteiger partial charge is 0.0842 e. The second-order valence-electron chi connectivity index (χ2n) is 4.52. The summed E-state index contributed by atoms with van der Waals surface area (Å²) >= 11 is 0. The highest BCUT2D eigenvalue weighted by atomic mass is 16.5. The molecule has 2 bridgehead atoms. The van der Waals surface area contributed by atoms with Gasteiger partial charge in [0.05, 0.1) is 11.2 Å². The van der Waals surface area contributed by atoms with Gasteiger partial charge in [-0.1, -0.05) is 12.2 Å². The molecule has 62 valence electrons. The molecule has 1 aliphatic carbocycles. The van der Waals surface area contributed by atoms with E-state index in [2.05, 4.69) is 32.9 Å². The standard InChI is InChI=1S/C10H16O/c1-9(2)8-4-6-10(3,11-9)7-5-8/h4,6,8H,5,7H2,1-3H3/t8-,10+/m0/s1. The van der Waals surface area contributed by atoms with Gasteiger partial charge in [-0.15, -0.1) is 0 Å². The zero-order chi connectivity index (χ0) is 8.11. The second-order valence-corrected chi connectivity index (χ2v) is 4.52. The summed E-state index contributed by atoms with van der Waals surface area (Å²) in [6, 6.07) is 0. The summed E-state index contributed by atoms with van der Waals surface area (Å²) in [5, 5.41) is 0. The zero-order valence-corrected chi connectivity index (χ0v) is 7.55. The molecule has 2 atom stereocenters. The summed E-state index contributed by atoms with van der Waals surface area (Å²) in [7, 11) is 0. The van der Waals surface area contributed by atoms with Crippen molar-refractivity contribution in [3.8, 4) is 0 Å². The topological polar surface area (TPSA) is 9.23 Å². The highest BCUT2D eigenvalue weighted by molar-refractivity contribution is 5.15. The van der Waals surface area contributed by atoms with E-state index < -0.39 is 0 Å². The predicted molar refractivity (Wildman–Crippen MR) is 45.4 cm³/mol. The van der Waals surface area contributed by atoms with Crippen LogP contribution in [-0.2, 0) is 4.74 Å². The Morgan fingerprint density at radius 2 is 2.09 bits per heavy atom. The van der Waals surface area contributed by atoms with Gasteiger partial charge in [0.2, 0.25) is 0 Å². The van der Waals surface area contributed by atoms with E-state index in [1.165, 1.54) is 12.8 Å². The molecule has 2 aliphatic heterocycles. The summed E-state index contributed by atoms with van der Waals surface area (Å²) in [5.41, 5.74) is 0.111. The monoisotopic (exact) mass is 152 g/mol. The van der Waals surface area contributed by atoms with E-state index in [1.54, 1.807) is 0 Å². The van der Waals surface area contributed by atoms with Gasteiger partial charge < -0.3 is 4.74 Å². The lowest BCUT2D eigenvalue weighted by molar-refractivity contribution is -0.171. The molecule has 1 fully saturated rings. The molecule has 1 nitrogen and oxygen atoms in total. The molecule has 1 saturated heterocycles. The van der Waals surface area contributed by atoms with Crippen molar-refractivity contribution >= 4 is 0 Å². The van der Waals surface area contributed by atoms with E-state index in [0.717, 1.165) is 0 Å². The van der Waals surface area contributed by atoms with E-state index in [1.807, 2.05) is 0 Å². The highest BCUT2D eigenvalue weighted by Gasteiger charge is 2.44. The number of ether oxygens (including phenoxy) is 1. The van der Waals surface area contributed by atoms with Crippen LogP contribution >= 0.6 is 0 Å². The molecule has 3 aliphatic rings. The molecule has 0 amide bonds. The van der Waals surface area contributed by atoms with Gasteiger partial charge in [-0.05, 0) is 33.6 Å². The van der Waals surface area contributed by atoms with Crippen LogP contribution in [0.2, 0.25) is 0 Å². The molecule has 3 rings (SSSR count). The molecule has 0 spiro atoms. The summed E-state index contributed by atoms with van der Waals surface area (Å²) in [5.74, 6) is 0.643. The molecule has 0 aromatic heterocycles. The van der Waals surface area contributed by atoms with Crippen LogP contribution in [0.3, 0.4) is 0 Å². The van der Waals surface area contributed by atoms with E-state index in [-0.39, 0.29) is 11.2 Å². The minimum Gasteiger partial charge on any atom is -0.365 e. The van der Waals surface area contributed by atoms with Gasteiger partial charge in [0, 0.05) is 5.92 Å². The lowest BCUT2D eigenvalue weighted by Gasteiger charge is -2.50. The van der Waals surface area contributed by atoms with Crippen molar-refractivity contribution in [2.45, 2.75) is 44.8 Å². The maximum absolute atomic E-state index is 5.97. The van der Waals surface area contributed by atoms with Crippen LogP contribution in [0, 0.1) is 5.92 Å². The Hall–Kier alpha value is -0.300. The van der Waals surface area contributed by atoms with Gasteiger partial charge in [-0.2, -0.15) is 0 Å². The fourth-order valence-electron chi connectivity index (χ4n) is 2.28. The lowest BCUT2D eigenvalue weighted by Crippen LogP contribution is -2.50. The minimum atomic E-state index is 0.0399. The molecule has 2 heterocycles. The van der Waals surface area contributed by atoms with Gasteiger partial charge >= 0.3 is 0 Å². The number of fused-ring (bicyclic) bond motifs is 2. The average Bonchev–Trinajstić information content (AvgIpc) is 1.84. The van der Waals surface area contributed by atoms with Gasteiger partial charge in [-0.3, -0.25) is 0 Å². The summed E-state index contributed by atoms with van der Waals surface area (Å²) in [6.45, 7) is 6.57. The first-order valence-electron chi connectivity index (χ1n) is 4.41. The van der Waals surface area contributed by atoms with Crippen molar-refractivity contribution in [2.75, 3.05) is 0 Å². The predicted octanol–water partition coefficient (Wildman–Crippen LogP) is 2.52. The Morgan fingerprint density at radius 1 is 1.36 bits per heavy atom. The molecule has 0 radical (unpaired) electrons. The average molecular weight is 152 g/mol. The Bertz CT molecular complexity index is 205. The second kappa shape index (κ2) is 1.89. The van der Waals surface area contributed by atoms with Crippen molar-refractivity contribution in [1.82, 2.24) is 0 Å². The molecular formula is C10H16O. The van der Waals surface area contributed by atoms with Crippen LogP contribution in [0.15, 0.2) is 12.2 Å². The van der Waals surface area contributed by atoms with Gasteiger partial charge in [0.1, 0.15) is 0 Å². The van der Waals surface area contributed by atoms with Crippen molar-refractivity contribution in [2.24, 2.45) is 5.92 Å². The normalized spacial score (nSPS) is 46.3. The molecule has 0 N–H and O–H groups in total. The molecule has 1 heteroatoms. The third-order valence-electron chi connectivity index (χ3n) is 3.02. The van der Waals surface area contributed by atoms with Gasteiger partial charge in [-0.25, -0.2) is 0 Å². The fraction of sp³-hybridized carbons (Fsp3) is 0.800. The van der Waals surface area contributed by atoms with Crippen LogP contribution in [0.25, 0.3) is 0 Å². The number of rotatable bonds is 0. The van der Waals surface area contributed by atoms with Crippen LogP contribution in [0.5, 0.6) is 0 Å². The van der Waals surface area contributed by atoms with Crippen molar-refractivity contribution in [3.63, 3.8) is 0 Å². The quantitative estimate of drug-likeness (QED) is 0.485. The summed E-state index contributed by atoms with van der Waals surface area (Å²) < 4.78 is 5.97. The van der Waals surface area contributed by atoms with E-state index in [4.69, 9.17) is 4.74 Å². The SMILES string of the molecule is CC1(C)O[C@]2(C)C=C[C@H]1CC2. The van der Waals surface area contributed by atoms with Gasteiger partial charge in [0.15, 0.2) is 0 Å². The maximum atomic E-state index is 5.97. The fourth-order valence-corrected chi connectivity index (χ4v) is 2.28. The summed E-state index contributed by atoms with van der Waals surface area (Å²) in [4.78, 5) is 0. The largest absolute Gasteiger partial charge is 0.365 e. The van der Waals surface area contributed by atoms with Crippen molar-refractivity contribution < 1.29 is 4.74 Å².